The Morgan fingerprint density at radius 2 is 0.547 bits per heavy atom. The van der Waals surface area contributed by atoms with E-state index in [0.29, 0.717) is 72.4 Å². The number of phosphoric acid groups is 2. The molecule has 0 spiro atoms. The first kappa shape index (κ1) is 53.6. The normalized spacial score (nSPS) is 15.4. The van der Waals surface area contributed by atoms with Crippen molar-refractivity contribution in [2.24, 2.45) is 0 Å². The Bertz CT molecular complexity index is 2030. The van der Waals surface area contributed by atoms with E-state index in [1.54, 1.807) is 0 Å². The molecule has 64 heavy (non-hydrogen) atoms. The van der Waals surface area contributed by atoms with Gasteiger partial charge in [-0.2, -0.15) is 0 Å². The van der Waals surface area contributed by atoms with Gasteiger partial charge in [0.05, 0.1) is 0 Å². The molecule has 0 bridgehead atoms. The van der Waals surface area contributed by atoms with Crippen LogP contribution in [0, 0.1) is 0 Å². The van der Waals surface area contributed by atoms with Gasteiger partial charge in [-0.05, 0) is 140 Å². The Morgan fingerprint density at radius 3 is 0.688 bits per heavy atom. The predicted molar refractivity (Wildman–Crippen MR) is 259 cm³/mol. The van der Waals surface area contributed by atoms with Crippen molar-refractivity contribution in [1.29, 1.82) is 0 Å². The summed E-state index contributed by atoms with van der Waals surface area (Å²) in [5.41, 5.74) is 12.2. The second-order valence-electron chi connectivity index (χ2n) is 19.9. The Labute approximate surface area is 393 Å². The van der Waals surface area contributed by atoms with E-state index >= 15 is 0 Å². The summed E-state index contributed by atoms with van der Waals surface area (Å²) in [4.78, 5) is 26.1. The molecule has 12 heteroatoms. The molecule has 2 aliphatic heterocycles. The Balaban J connectivity index is 0.000000270. The summed E-state index contributed by atoms with van der Waals surface area (Å²) in [6.07, 6.45) is 2.80. The van der Waals surface area contributed by atoms with Gasteiger partial charge in [0.2, 0.25) is 0 Å². The van der Waals surface area contributed by atoms with E-state index in [0.717, 1.165) is 44.5 Å². The van der Waals surface area contributed by atoms with Crippen molar-refractivity contribution < 1.29 is 41.2 Å². The average Bonchev–Trinajstić information content (AvgIpc) is 3.29. The topological polar surface area (TPSA) is 137 Å². The molecule has 0 fully saturated rings. The van der Waals surface area contributed by atoms with Crippen molar-refractivity contribution in [3.8, 4) is 23.0 Å². The van der Waals surface area contributed by atoms with Gasteiger partial charge in [-0.3, -0.25) is 0 Å². The van der Waals surface area contributed by atoms with Crippen LogP contribution >= 0.6 is 15.6 Å². The van der Waals surface area contributed by atoms with Crippen LogP contribution in [0.1, 0.15) is 225 Å². The zero-order valence-corrected chi connectivity index (χ0v) is 44.2. The van der Waals surface area contributed by atoms with Crippen LogP contribution in [0.4, 0.5) is 0 Å². The Hall–Kier alpha value is -3.05. The number of aryl methyl sites for hydroxylation is 4. The molecule has 1 N–H and O–H groups in total. The maximum absolute atomic E-state index is 13.1. The number of hydrogen-bond donors (Lipinski definition) is 1. The van der Waals surface area contributed by atoms with E-state index in [-0.39, 0.29) is 23.7 Å². The zero-order valence-electron chi connectivity index (χ0n) is 41.3. The van der Waals surface area contributed by atoms with Crippen LogP contribution in [-0.2, 0) is 34.8 Å². The van der Waals surface area contributed by atoms with E-state index in [4.69, 9.17) is 22.3 Å². The fourth-order valence-corrected chi connectivity index (χ4v) is 10.1. The summed E-state index contributed by atoms with van der Waals surface area (Å²) < 4.78 is 55.8. The third kappa shape index (κ3) is 13.1. The van der Waals surface area contributed by atoms with E-state index < -0.39 is 15.6 Å². The second kappa shape index (κ2) is 22.2. The van der Waals surface area contributed by atoms with Crippen molar-refractivity contribution >= 4 is 32.3 Å². The van der Waals surface area contributed by atoms with Gasteiger partial charge in [0.25, 0.3) is 0 Å². The van der Waals surface area contributed by atoms with E-state index in [1.807, 2.05) is 0 Å². The molecule has 348 valence electrons. The van der Waals surface area contributed by atoms with Crippen molar-refractivity contribution in [1.82, 2.24) is 0 Å². The SMILES string of the molecule is CC(C)c1cc2c(c(C(C)C)c1)OP(=O)([O-])Oc1c(cc(C(C)C)cc1C(C)C)CC2.CC(C)c1cc2c(c(C(C)C)c1)OP(=O)([O-])Oc1c(cc(C(C)C)cc1C(C)C)CC2.[OH][Al+2]. The molecule has 0 radical (unpaired) electrons. The third-order valence-electron chi connectivity index (χ3n) is 12.2. The molecular formula is C52H73AlO9P2. The van der Waals surface area contributed by atoms with Crippen LogP contribution in [0.15, 0.2) is 48.5 Å². The van der Waals surface area contributed by atoms with E-state index in [1.165, 1.54) is 38.9 Å². The summed E-state index contributed by atoms with van der Waals surface area (Å²) in [5, 5.41) is 0. The molecule has 9 nitrogen and oxygen atoms in total. The first-order chi connectivity index (χ1) is 29.8. The molecule has 2 heterocycles. The summed E-state index contributed by atoms with van der Waals surface area (Å²) in [7, 11) is -9.22. The fourth-order valence-electron chi connectivity index (χ4n) is 8.22. The van der Waals surface area contributed by atoms with Gasteiger partial charge in [-0.25, -0.2) is 9.13 Å². The fraction of sp³-hybridized carbons (Fsp3) is 0.538. The van der Waals surface area contributed by atoms with Gasteiger partial charge in [0.1, 0.15) is 23.0 Å². The first-order valence-electron chi connectivity index (χ1n) is 23.1. The molecule has 4 aromatic carbocycles. The molecule has 0 saturated carbocycles. The van der Waals surface area contributed by atoms with Crippen LogP contribution < -0.4 is 27.9 Å². The van der Waals surface area contributed by atoms with Gasteiger partial charge in [-0.1, -0.05) is 159 Å². The molecule has 0 aromatic heterocycles. The average molecular weight is 931 g/mol. The molecule has 4 aromatic rings. The van der Waals surface area contributed by atoms with Gasteiger partial charge in [0, 0.05) is 0 Å². The zero-order chi connectivity index (χ0) is 48.2. The minimum absolute atomic E-state index is 0.134. The van der Waals surface area contributed by atoms with Crippen molar-refractivity contribution in [3.05, 3.63) is 115 Å². The molecule has 2 aliphatic rings. The Morgan fingerprint density at radius 1 is 0.375 bits per heavy atom. The summed E-state index contributed by atoms with van der Waals surface area (Å²) in [6.45, 7) is 33.7. The molecule has 0 saturated heterocycles. The third-order valence-corrected chi connectivity index (χ3v) is 13.8. The molecular weight excluding hydrogens is 857 g/mol. The monoisotopic (exact) mass is 930 g/mol. The second-order valence-corrected chi connectivity index (χ2v) is 22.4. The number of hydrogen-bond acceptors (Lipinski definition) is 9. The van der Waals surface area contributed by atoms with E-state index in [2.05, 4.69) is 159 Å². The number of benzene rings is 4. The van der Waals surface area contributed by atoms with Gasteiger partial charge < -0.3 is 27.9 Å². The minimum atomic E-state index is -4.61. The standard InChI is InChI=1S/2C26H37O4P.Al.H2O/c2*1-15(2)21-11-19-9-10-20-12-22(16(3)4)14-24(18(7)8)26(20)30-31(27,28)29-25(19)23(13-21)17(5)6;;/h2*11-18H,9-10H2,1-8H3,(H,27,28);;1H2/q;;+3;/p-3. The Kier molecular flexibility index (Phi) is 18.6. The van der Waals surface area contributed by atoms with Crippen molar-refractivity contribution in [2.45, 2.75) is 184 Å². The molecule has 0 aliphatic carbocycles. The van der Waals surface area contributed by atoms with Crippen LogP contribution in [0.3, 0.4) is 0 Å². The number of rotatable bonds is 8. The van der Waals surface area contributed by atoms with Crippen molar-refractivity contribution in [3.63, 3.8) is 0 Å². The van der Waals surface area contributed by atoms with Gasteiger partial charge in [0.15, 0.2) is 0 Å². The maximum atomic E-state index is 13.1. The van der Waals surface area contributed by atoms with Crippen LogP contribution in [0.25, 0.3) is 0 Å². The van der Waals surface area contributed by atoms with Gasteiger partial charge >= 0.3 is 36.4 Å². The predicted octanol–water partition coefficient (Wildman–Crippen LogP) is 13.5. The summed E-state index contributed by atoms with van der Waals surface area (Å²) in [6, 6.07) is 16.7. The van der Waals surface area contributed by atoms with Crippen molar-refractivity contribution in [2.75, 3.05) is 0 Å². The van der Waals surface area contributed by atoms with Crippen LogP contribution in [-0.4, -0.2) is 20.8 Å². The molecule has 0 atom stereocenters. The molecule has 6 rings (SSSR count). The van der Waals surface area contributed by atoms with Crippen LogP contribution in [0.2, 0.25) is 0 Å². The summed E-state index contributed by atoms with van der Waals surface area (Å²) in [5.74, 6) is 3.70. The molecule has 0 unspecified atom stereocenters. The number of phosphoric ester groups is 2. The number of fused-ring (bicyclic) bond motifs is 4. The first-order valence-corrected chi connectivity index (χ1v) is 26.6. The summed E-state index contributed by atoms with van der Waals surface area (Å²) >= 11 is 1.42. The molecule has 0 amide bonds. The quantitative estimate of drug-likeness (QED) is 0.135. The van der Waals surface area contributed by atoms with Crippen LogP contribution in [0.5, 0.6) is 23.0 Å². The van der Waals surface area contributed by atoms with Gasteiger partial charge in [-0.15, -0.1) is 0 Å². The van der Waals surface area contributed by atoms with E-state index in [9.17, 15) is 18.9 Å².